The van der Waals surface area contributed by atoms with Gasteiger partial charge in [-0.05, 0) is 49.4 Å². The third-order valence-corrected chi connectivity index (χ3v) is 6.70. The molecule has 0 aromatic heterocycles. The average molecular weight is 448 g/mol. The summed E-state index contributed by atoms with van der Waals surface area (Å²) in [6, 6.07) is 13.0. The number of rotatable bonds is 9. The van der Waals surface area contributed by atoms with Gasteiger partial charge in [0.15, 0.2) is 0 Å². The van der Waals surface area contributed by atoms with Crippen LogP contribution in [0.4, 0.5) is 15.8 Å². The van der Waals surface area contributed by atoms with Gasteiger partial charge in [-0.1, -0.05) is 37.3 Å². The standard InChI is InChI=1S/C23H30FN3O3S/c1-3-20(27(31(2,29)30)22-14-7-5-12-19(22)24)23(28)25-15-9-17-26-16-8-11-18-10-4-6-13-21(18)26/h4-7,10,12-14,20H,3,8-9,11,15-17H2,1-2H3,(H,25,28)/t20-/m0/s1. The molecule has 1 aliphatic heterocycles. The summed E-state index contributed by atoms with van der Waals surface area (Å²) in [5.74, 6) is -1.10. The lowest BCUT2D eigenvalue weighted by Gasteiger charge is -2.32. The van der Waals surface area contributed by atoms with Gasteiger partial charge in [0.2, 0.25) is 15.9 Å². The van der Waals surface area contributed by atoms with E-state index in [1.165, 1.54) is 29.4 Å². The Morgan fingerprint density at radius 2 is 1.90 bits per heavy atom. The quantitative estimate of drug-likeness (QED) is 0.599. The molecule has 8 heteroatoms. The van der Waals surface area contributed by atoms with Crippen molar-refractivity contribution in [1.82, 2.24) is 5.32 Å². The summed E-state index contributed by atoms with van der Waals surface area (Å²) in [5, 5.41) is 2.84. The van der Waals surface area contributed by atoms with Gasteiger partial charge in [0, 0.05) is 25.3 Å². The summed E-state index contributed by atoms with van der Waals surface area (Å²) in [4.78, 5) is 15.2. The first-order valence-electron chi connectivity index (χ1n) is 10.7. The summed E-state index contributed by atoms with van der Waals surface area (Å²) >= 11 is 0. The van der Waals surface area contributed by atoms with Gasteiger partial charge in [-0.25, -0.2) is 12.8 Å². The molecular weight excluding hydrogens is 417 g/mol. The molecule has 0 radical (unpaired) electrons. The van der Waals surface area contributed by atoms with Gasteiger partial charge in [-0.3, -0.25) is 9.10 Å². The number of carbonyl (C=O) groups is 1. The number of para-hydroxylation sites is 2. The summed E-state index contributed by atoms with van der Waals surface area (Å²) in [7, 11) is -3.85. The van der Waals surface area contributed by atoms with E-state index in [0.29, 0.717) is 6.54 Å². The number of sulfonamides is 1. The molecule has 3 rings (SSSR count). The zero-order valence-electron chi connectivity index (χ0n) is 18.1. The lowest BCUT2D eigenvalue weighted by molar-refractivity contribution is -0.122. The number of hydrogen-bond donors (Lipinski definition) is 1. The molecule has 1 amide bonds. The number of carbonyl (C=O) groups excluding carboxylic acids is 1. The van der Waals surface area contributed by atoms with E-state index in [9.17, 15) is 17.6 Å². The fourth-order valence-electron chi connectivity index (χ4n) is 4.11. The monoisotopic (exact) mass is 447 g/mol. The fraction of sp³-hybridized carbons (Fsp3) is 0.435. The van der Waals surface area contributed by atoms with Crippen LogP contribution >= 0.6 is 0 Å². The summed E-state index contributed by atoms with van der Waals surface area (Å²) in [6.07, 6.45) is 4.14. The Hall–Kier alpha value is -2.61. The number of nitrogens with one attached hydrogen (secondary N) is 1. The topological polar surface area (TPSA) is 69.7 Å². The van der Waals surface area contributed by atoms with Gasteiger partial charge in [-0.15, -0.1) is 0 Å². The van der Waals surface area contributed by atoms with Crippen LogP contribution in [0.1, 0.15) is 31.7 Å². The smallest absolute Gasteiger partial charge is 0.243 e. The number of fused-ring (bicyclic) bond motifs is 1. The Morgan fingerprint density at radius 3 is 2.61 bits per heavy atom. The number of anilines is 2. The molecule has 1 heterocycles. The molecule has 1 aliphatic rings. The Bertz CT molecular complexity index is 1010. The third kappa shape index (κ3) is 5.55. The molecule has 2 aromatic carbocycles. The van der Waals surface area contributed by atoms with Crippen molar-refractivity contribution in [1.29, 1.82) is 0 Å². The first-order valence-corrected chi connectivity index (χ1v) is 12.5. The largest absolute Gasteiger partial charge is 0.371 e. The summed E-state index contributed by atoms with van der Waals surface area (Å²) < 4.78 is 40.0. The van der Waals surface area contributed by atoms with Gasteiger partial charge in [0.05, 0.1) is 11.9 Å². The van der Waals surface area contributed by atoms with Gasteiger partial charge in [0.25, 0.3) is 0 Å². The van der Waals surface area contributed by atoms with E-state index >= 15 is 0 Å². The number of halogens is 1. The Morgan fingerprint density at radius 1 is 1.19 bits per heavy atom. The lowest BCUT2D eigenvalue weighted by atomic mass is 10.0. The molecule has 0 saturated carbocycles. The fourth-order valence-corrected chi connectivity index (χ4v) is 5.32. The highest BCUT2D eigenvalue weighted by molar-refractivity contribution is 7.92. The van der Waals surface area contributed by atoms with Crippen LogP contribution in [0.3, 0.4) is 0 Å². The van der Waals surface area contributed by atoms with Crippen LogP contribution in [0.5, 0.6) is 0 Å². The number of amides is 1. The van der Waals surface area contributed by atoms with Crippen LogP contribution in [0, 0.1) is 5.82 Å². The zero-order chi connectivity index (χ0) is 22.4. The van der Waals surface area contributed by atoms with Crippen molar-refractivity contribution in [3.8, 4) is 0 Å². The number of hydrogen-bond acceptors (Lipinski definition) is 4. The summed E-state index contributed by atoms with van der Waals surface area (Å²) in [5.41, 5.74) is 2.48. The molecule has 0 bridgehead atoms. The normalized spacial score (nSPS) is 14.6. The van der Waals surface area contributed by atoms with Gasteiger partial charge < -0.3 is 10.2 Å². The molecule has 0 unspecified atom stereocenters. The molecule has 1 atom stereocenters. The van der Waals surface area contributed by atoms with Crippen molar-refractivity contribution in [2.24, 2.45) is 0 Å². The van der Waals surface area contributed by atoms with E-state index in [1.54, 1.807) is 13.0 Å². The van der Waals surface area contributed by atoms with E-state index in [1.807, 2.05) is 6.07 Å². The van der Waals surface area contributed by atoms with Crippen molar-refractivity contribution in [2.45, 2.75) is 38.6 Å². The van der Waals surface area contributed by atoms with Gasteiger partial charge in [0.1, 0.15) is 11.9 Å². The number of aryl methyl sites for hydroxylation is 1. The van der Waals surface area contributed by atoms with Gasteiger partial charge >= 0.3 is 0 Å². The van der Waals surface area contributed by atoms with E-state index in [4.69, 9.17) is 0 Å². The zero-order valence-corrected chi connectivity index (χ0v) is 18.9. The molecule has 0 saturated heterocycles. The summed E-state index contributed by atoms with van der Waals surface area (Å²) in [6.45, 7) is 3.92. The number of nitrogens with zero attached hydrogens (tertiary/aromatic N) is 2. The lowest BCUT2D eigenvalue weighted by Crippen LogP contribution is -2.50. The molecule has 1 N–H and O–H groups in total. The Kier molecular flexibility index (Phi) is 7.54. The van der Waals surface area contributed by atoms with Crippen molar-refractivity contribution in [3.63, 3.8) is 0 Å². The average Bonchev–Trinajstić information content (AvgIpc) is 2.75. The maximum Gasteiger partial charge on any atom is 0.243 e. The molecule has 31 heavy (non-hydrogen) atoms. The van der Waals surface area contributed by atoms with E-state index in [0.717, 1.165) is 42.9 Å². The van der Waals surface area contributed by atoms with Crippen molar-refractivity contribution >= 4 is 27.3 Å². The second-order valence-corrected chi connectivity index (χ2v) is 9.66. The predicted molar refractivity (Wildman–Crippen MR) is 122 cm³/mol. The molecule has 0 aliphatic carbocycles. The minimum atomic E-state index is -3.85. The molecule has 2 aromatic rings. The molecule has 0 spiro atoms. The van der Waals surface area contributed by atoms with Crippen LogP contribution in [0.25, 0.3) is 0 Å². The van der Waals surface area contributed by atoms with Crippen molar-refractivity contribution in [3.05, 3.63) is 59.9 Å². The minimum Gasteiger partial charge on any atom is -0.371 e. The second-order valence-electron chi connectivity index (χ2n) is 7.80. The molecule has 6 nitrogen and oxygen atoms in total. The maximum absolute atomic E-state index is 14.3. The molecule has 168 valence electrons. The third-order valence-electron chi connectivity index (χ3n) is 5.53. The Labute approximate surface area is 184 Å². The van der Waals surface area contributed by atoms with Crippen LogP contribution < -0.4 is 14.5 Å². The molecule has 0 fully saturated rings. The van der Waals surface area contributed by atoms with E-state index in [-0.39, 0.29) is 12.1 Å². The van der Waals surface area contributed by atoms with Crippen molar-refractivity contribution in [2.75, 3.05) is 35.1 Å². The first kappa shape index (κ1) is 23.1. The van der Waals surface area contributed by atoms with E-state index in [2.05, 4.69) is 28.4 Å². The molecular formula is C23H30FN3O3S. The van der Waals surface area contributed by atoms with Gasteiger partial charge in [-0.2, -0.15) is 0 Å². The highest BCUT2D eigenvalue weighted by Gasteiger charge is 2.32. The van der Waals surface area contributed by atoms with E-state index < -0.39 is 27.8 Å². The minimum absolute atomic E-state index is 0.114. The van der Waals surface area contributed by atoms with Crippen LogP contribution in [-0.4, -0.2) is 46.3 Å². The van der Waals surface area contributed by atoms with Crippen LogP contribution in [-0.2, 0) is 21.2 Å². The highest BCUT2D eigenvalue weighted by Crippen LogP contribution is 2.27. The Balaban J connectivity index is 1.63. The first-order chi connectivity index (χ1) is 14.8. The predicted octanol–water partition coefficient (Wildman–Crippen LogP) is 3.33. The SMILES string of the molecule is CC[C@@H](C(=O)NCCCN1CCCc2ccccc21)N(c1ccccc1F)S(C)(=O)=O. The maximum atomic E-state index is 14.3. The second kappa shape index (κ2) is 10.1. The number of benzene rings is 2. The highest BCUT2D eigenvalue weighted by atomic mass is 32.2. The van der Waals surface area contributed by atoms with Crippen LogP contribution in [0.15, 0.2) is 48.5 Å². The van der Waals surface area contributed by atoms with Crippen molar-refractivity contribution < 1.29 is 17.6 Å². The van der Waals surface area contributed by atoms with Crippen LogP contribution in [0.2, 0.25) is 0 Å².